The Hall–Kier alpha value is -3.73. The van der Waals surface area contributed by atoms with E-state index in [9.17, 15) is 4.79 Å². The highest BCUT2D eigenvalue weighted by Gasteiger charge is 2.12. The van der Waals surface area contributed by atoms with E-state index in [-0.39, 0.29) is 5.91 Å². The molecule has 27 heavy (non-hydrogen) atoms. The van der Waals surface area contributed by atoms with Crippen LogP contribution < -0.4 is 10.1 Å². The van der Waals surface area contributed by atoms with E-state index in [0.717, 1.165) is 22.0 Å². The number of hydrogen-bond donors (Lipinski definition) is 1. The van der Waals surface area contributed by atoms with Crippen LogP contribution in [0.2, 0.25) is 0 Å². The Morgan fingerprint density at radius 1 is 0.815 bits per heavy atom. The van der Waals surface area contributed by atoms with Crippen molar-refractivity contribution in [1.82, 2.24) is 10.2 Å². The summed E-state index contributed by atoms with van der Waals surface area (Å²) in [6, 6.07) is 25.0. The monoisotopic (exact) mass is 355 g/mol. The van der Waals surface area contributed by atoms with Gasteiger partial charge < -0.3 is 10.1 Å². The van der Waals surface area contributed by atoms with Crippen LogP contribution in [-0.4, -0.2) is 16.1 Å². The summed E-state index contributed by atoms with van der Waals surface area (Å²) in [4.78, 5) is 11.1. The third kappa shape index (κ3) is 3.62. The summed E-state index contributed by atoms with van der Waals surface area (Å²) in [5.74, 6) is 0.950. The van der Waals surface area contributed by atoms with Gasteiger partial charge in [-0.2, -0.15) is 0 Å². The van der Waals surface area contributed by atoms with Gasteiger partial charge in [0.1, 0.15) is 11.4 Å². The third-order valence-electron chi connectivity index (χ3n) is 4.09. The molecule has 0 aliphatic heterocycles. The van der Waals surface area contributed by atoms with Gasteiger partial charge in [-0.25, -0.2) is 0 Å². The van der Waals surface area contributed by atoms with Crippen molar-refractivity contribution in [3.8, 4) is 22.9 Å². The van der Waals surface area contributed by atoms with Crippen LogP contribution in [0.25, 0.3) is 22.0 Å². The lowest BCUT2D eigenvalue weighted by atomic mass is 10.1. The lowest BCUT2D eigenvalue weighted by Crippen LogP contribution is -2.05. The van der Waals surface area contributed by atoms with Crippen molar-refractivity contribution in [1.29, 1.82) is 0 Å². The molecule has 0 aliphatic rings. The van der Waals surface area contributed by atoms with Crippen molar-refractivity contribution in [2.45, 2.75) is 6.92 Å². The zero-order chi connectivity index (χ0) is 18.6. The maximum absolute atomic E-state index is 11.1. The van der Waals surface area contributed by atoms with E-state index in [1.807, 2.05) is 54.6 Å². The molecule has 0 unspecified atom stereocenters. The molecular formula is C22H17N3O2. The largest absolute Gasteiger partial charge is 0.437 e. The normalized spacial score (nSPS) is 10.6. The van der Waals surface area contributed by atoms with Crippen LogP contribution in [0.5, 0.6) is 11.6 Å². The zero-order valence-electron chi connectivity index (χ0n) is 14.7. The molecule has 0 bridgehead atoms. The van der Waals surface area contributed by atoms with E-state index in [4.69, 9.17) is 4.74 Å². The van der Waals surface area contributed by atoms with Crippen LogP contribution in [0.1, 0.15) is 6.92 Å². The molecule has 0 saturated heterocycles. The first-order valence-electron chi connectivity index (χ1n) is 8.57. The average Bonchev–Trinajstić information content (AvgIpc) is 2.70. The number of anilines is 1. The molecule has 1 heterocycles. The first-order chi connectivity index (χ1) is 13.2. The highest BCUT2D eigenvalue weighted by Crippen LogP contribution is 2.33. The zero-order valence-corrected chi connectivity index (χ0v) is 14.7. The molecule has 3 aromatic carbocycles. The number of ether oxygens (including phenoxy) is 1. The van der Waals surface area contributed by atoms with Gasteiger partial charge in [-0.1, -0.05) is 48.5 Å². The number of aromatic nitrogens is 2. The van der Waals surface area contributed by atoms with Gasteiger partial charge in [-0.15, -0.1) is 10.2 Å². The Balaban J connectivity index is 1.70. The molecule has 5 heteroatoms. The van der Waals surface area contributed by atoms with Crippen LogP contribution in [0.3, 0.4) is 0 Å². The molecule has 132 valence electrons. The van der Waals surface area contributed by atoms with Crippen LogP contribution in [0, 0.1) is 0 Å². The van der Waals surface area contributed by atoms with Gasteiger partial charge in [0.25, 0.3) is 0 Å². The minimum atomic E-state index is -0.114. The number of benzene rings is 3. The van der Waals surface area contributed by atoms with E-state index in [2.05, 4.69) is 15.5 Å². The predicted molar refractivity (Wildman–Crippen MR) is 106 cm³/mol. The number of fused-ring (bicyclic) bond motifs is 1. The highest BCUT2D eigenvalue weighted by molar-refractivity contribution is 5.97. The first kappa shape index (κ1) is 16.7. The SMILES string of the molecule is CC(=O)Nc1ccc(Oc2nnc(-c3ccccc3)c3ccccc23)cc1. The van der Waals surface area contributed by atoms with E-state index in [1.165, 1.54) is 6.92 Å². The summed E-state index contributed by atoms with van der Waals surface area (Å²) in [6.45, 7) is 1.47. The van der Waals surface area contributed by atoms with E-state index >= 15 is 0 Å². The number of nitrogens with zero attached hydrogens (tertiary/aromatic N) is 2. The molecule has 1 amide bonds. The summed E-state index contributed by atoms with van der Waals surface area (Å²) in [5.41, 5.74) is 2.54. The summed E-state index contributed by atoms with van der Waals surface area (Å²) in [5, 5.41) is 13.3. The van der Waals surface area contributed by atoms with Gasteiger partial charge in [0.15, 0.2) is 0 Å². The summed E-state index contributed by atoms with van der Waals surface area (Å²) in [6.07, 6.45) is 0. The van der Waals surface area contributed by atoms with Gasteiger partial charge >= 0.3 is 0 Å². The number of carbonyl (C=O) groups is 1. The third-order valence-corrected chi connectivity index (χ3v) is 4.09. The fraction of sp³-hybridized carbons (Fsp3) is 0.0455. The summed E-state index contributed by atoms with van der Waals surface area (Å²) < 4.78 is 5.96. The number of rotatable bonds is 4. The average molecular weight is 355 g/mol. The fourth-order valence-corrected chi connectivity index (χ4v) is 2.89. The van der Waals surface area contributed by atoms with Gasteiger partial charge in [0, 0.05) is 28.9 Å². The lowest BCUT2D eigenvalue weighted by molar-refractivity contribution is -0.114. The highest BCUT2D eigenvalue weighted by atomic mass is 16.5. The smallest absolute Gasteiger partial charge is 0.246 e. The molecule has 4 aromatic rings. The van der Waals surface area contributed by atoms with E-state index in [0.29, 0.717) is 17.3 Å². The predicted octanol–water partition coefficient (Wildman–Crippen LogP) is 5.05. The van der Waals surface area contributed by atoms with E-state index < -0.39 is 0 Å². The van der Waals surface area contributed by atoms with E-state index in [1.54, 1.807) is 24.3 Å². The second-order valence-corrected chi connectivity index (χ2v) is 6.07. The first-order valence-corrected chi connectivity index (χ1v) is 8.57. The van der Waals surface area contributed by atoms with Crippen LogP contribution in [-0.2, 0) is 4.79 Å². The van der Waals surface area contributed by atoms with Crippen LogP contribution >= 0.6 is 0 Å². The van der Waals surface area contributed by atoms with Gasteiger partial charge in [0.05, 0.1) is 0 Å². The van der Waals surface area contributed by atoms with Crippen molar-refractivity contribution < 1.29 is 9.53 Å². The van der Waals surface area contributed by atoms with Crippen molar-refractivity contribution in [2.24, 2.45) is 0 Å². The van der Waals surface area contributed by atoms with Gasteiger partial charge in [0.2, 0.25) is 11.8 Å². The van der Waals surface area contributed by atoms with Crippen LogP contribution in [0.4, 0.5) is 5.69 Å². The Morgan fingerprint density at radius 2 is 1.48 bits per heavy atom. The van der Waals surface area contributed by atoms with Gasteiger partial charge in [-0.05, 0) is 30.3 Å². The summed E-state index contributed by atoms with van der Waals surface area (Å²) in [7, 11) is 0. The minimum Gasteiger partial charge on any atom is -0.437 e. The summed E-state index contributed by atoms with van der Waals surface area (Å²) >= 11 is 0. The molecule has 0 atom stereocenters. The molecule has 4 rings (SSSR count). The number of amides is 1. The van der Waals surface area contributed by atoms with Crippen molar-refractivity contribution in [2.75, 3.05) is 5.32 Å². The molecule has 1 aromatic heterocycles. The maximum atomic E-state index is 11.1. The Morgan fingerprint density at radius 3 is 2.19 bits per heavy atom. The number of carbonyl (C=O) groups excluding carboxylic acids is 1. The Bertz CT molecular complexity index is 1090. The Kier molecular flexibility index (Phi) is 4.49. The standard InChI is InChI=1S/C22H17N3O2/c1-15(26)23-17-11-13-18(14-12-17)27-22-20-10-6-5-9-19(20)21(24-25-22)16-7-3-2-4-8-16/h2-14H,1H3,(H,23,26). The molecule has 0 saturated carbocycles. The van der Waals surface area contributed by atoms with Crippen LogP contribution in [0.15, 0.2) is 78.9 Å². The fourth-order valence-electron chi connectivity index (χ4n) is 2.89. The molecule has 1 N–H and O–H groups in total. The second kappa shape index (κ2) is 7.25. The number of hydrogen-bond acceptors (Lipinski definition) is 4. The Labute approximate surface area is 156 Å². The molecule has 0 radical (unpaired) electrons. The quantitative estimate of drug-likeness (QED) is 0.556. The number of nitrogens with one attached hydrogen (secondary N) is 1. The maximum Gasteiger partial charge on any atom is 0.246 e. The molecule has 5 nitrogen and oxygen atoms in total. The molecule has 0 aliphatic carbocycles. The van der Waals surface area contributed by atoms with Crippen molar-refractivity contribution in [3.63, 3.8) is 0 Å². The van der Waals surface area contributed by atoms with Crippen molar-refractivity contribution >= 4 is 22.4 Å². The minimum absolute atomic E-state index is 0.114. The topological polar surface area (TPSA) is 64.1 Å². The lowest BCUT2D eigenvalue weighted by Gasteiger charge is -2.11. The second-order valence-electron chi connectivity index (χ2n) is 6.07. The molecular weight excluding hydrogens is 338 g/mol. The molecule has 0 fully saturated rings. The van der Waals surface area contributed by atoms with Crippen molar-refractivity contribution in [3.05, 3.63) is 78.9 Å². The van der Waals surface area contributed by atoms with Gasteiger partial charge in [-0.3, -0.25) is 4.79 Å². The molecule has 0 spiro atoms.